The maximum absolute atomic E-state index is 12.9. The van der Waals surface area contributed by atoms with Crippen molar-refractivity contribution in [3.8, 4) is 0 Å². The van der Waals surface area contributed by atoms with E-state index in [0.717, 1.165) is 122 Å². The molecule has 1 N–H and O–H groups in total. The highest BCUT2D eigenvalue weighted by molar-refractivity contribution is 7.47. The minimum atomic E-state index is -4.40. The summed E-state index contributed by atoms with van der Waals surface area (Å²) in [6.45, 7) is 4.19. The van der Waals surface area contributed by atoms with Gasteiger partial charge in [-0.15, -0.1) is 0 Å². The lowest BCUT2D eigenvalue weighted by molar-refractivity contribution is -0.870. The van der Waals surface area contributed by atoms with Gasteiger partial charge >= 0.3 is 19.8 Å². The number of unbranched alkanes of at least 4 members (excludes halogenated alkanes) is 20. The van der Waals surface area contributed by atoms with Gasteiger partial charge in [0.05, 0.1) is 27.7 Å². The molecule has 0 aliphatic heterocycles. The molecule has 0 saturated carbocycles. The Kier molecular flexibility index (Phi) is 58.4. The number of allylic oxidation sites excluding steroid dienone is 24. The lowest BCUT2D eigenvalue weighted by Crippen LogP contribution is -2.37. The van der Waals surface area contributed by atoms with Gasteiger partial charge in [-0.05, 0) is 116 Å². The maximum Gasteiger partial charge on any atom is 0.472 e. The van der Waals surface area contributed by atoms with Crippen LogP contribution in [0, 0.1) is 0 Å². The summed E-state index contributed by atoms with van der Waals surface area (Å²) in [6.07, 6.45) is 90.7. The Bertz CT molecular complexity index is 1890. The van der Waals surface area contributed by atoms with Crippen molar-refractivity contribution in [1.29, 1.82) is 0 Å². The summed E-state index contributed by atoms with van der Waals surface area (Å²) in [5, 5.41) is 0. The standard InChI is InChI=1S/C72H120NO8P/c1-6-8-10-12-14-16-18-20-22-24-26-28-30-32-34-36-38-40-42-44-46-48-50-52-54-56-58-60-62-64-71(74)78-68-70(69-80-82(76,77)79-67-66-73(3,4)5)81-72(75)65-63-61-59-57-55-53-51-49-47-45-43-41-39-37-35-33-31-29-27-25-23-21-19-17-15-13-11-9-7-2/h8-11,14-17,20-23,26-29,32-35,39,41,45,47,70H,6-7,12-13,18-19,24-25,30-31,36-38,40,42-44,46,48-69H2,1-5H3/p+1/b10-8-,11-9-,16-14-,17-15-,22-20-,23-21-,28-26-,29-27-,34-32-,35-33-,41-39-,47-45-. The monoisotopic (exact) mass is 1160 g/mol. The van der Waals surface area contributed by atoms with E-state index in [1.165, 1.54) is 89.9 Å². The number of likely N-dealkylation sites (N-methyl/N-ethyl adjacent to an activating group) is 1. The first kappa shape index (κ1) is 77.9. The average molecular weight is 1160 g/mol. The number of ether oxygens (including phenoxy) is 2. The third-order valence-corrected chi connectivity index (χ3v) is 14.3. The molecule has 0 aromatic rings. The molecule has 0 aliphatic rings. The quantitative estimate of drug-likeness (QED) is 0.0211. The lowest BCUT2D eigenvalue weighted by atomic mass is 10.0. The topological polar surface area (TPSA) is 108 Å². The van der Waals surface area contributed by atoms with Gasteiger partial charge in [-0.2, -0.15) is 0 Å². The first-order valence-electron chi connectivity index (χ1n) is 32.6. The number of hydrogen-bond donors (Lipinski definition) is 1. The SMILES string of the molecule is CC/C=C\C/C=C\C/C=C\C/C=C\C/C=C\C/C=C\C/C=C\CCCCCCCCCC(=O)OC(COC(=O)CCCCCCCCCCCCCCC/C=C\C/C=C\C/C=C\C/C=C\C/C=C\CC)COP(=O)(O)OCC[N+](C)(C)C. The largest absolute Gasteiger partial charge is 0.472 e. The van der Waals surface area contributed by atoms with Crippen molar-refractivity contribution in [3.63, 3.8) is 0 Å². The minimum absolute atomic E-state index is 0.0216. The van der Waals surface area contributed by atoms with Gasteiger partial charge in [0.25, 0.3) is 0 Å². The number of phosphoric ester groups is 1. The van der Waals surface area contributed by atoms with Gasteiger partial charge < -0.3 is 18.9 Å². The van der Waals surface area contributed by atoms with Crippen LogP contribution in [0.4, 0.5) is 0 Å². The number of nitrogens with zero attached hydrogens (tertiary/aromatic N) is 1. The molecule has 0 rings (SSSR count). The summed E-state index contributed by atoms with van der Waals surface area (Å²) < 4.78 is 34.7. The summed E-state index contributed by atoms with van der Waals surface area (Å²) in [5.74, 6) is -0.818. The number of esters is 2. The maximum atomic E-state index is 12.9. The number of carbonyl (C=O) groups is 2. The van der Waals surface area contributed by atoms with Crippen LogP contribution in [0.2, 0.25) is 0 Å². The molecule has 0 saturated heterocycles. The van der Waals surface area contributed by atoms with Gasteiger partial charge in [0, 0.05) is 12.8 Å². The molecule has 0 aromatic carbocycles. The van der Waals surface area contributed by atoms with E-state index >= 15 is 0 Å². The second-order valence-electron chi connectivity index (χ2n) is 22.4. The van der Waals surface area contributed by atoms with Crippen molar-refractivity contribution >= 4 is 19.8 Å². The number of quaternary nitrogens is 1. The first-order valence-corrected chi connectivity index (χ1v) is 34.1. The van der Waals surface area contributed by atoms with Crippen LogP contribution in [-0.2, 0) is 32.7 Å². The summed E-state index contributed by atoms with van der Waals surface area (Å²) in [4.78, 5) is 35.8. The van der Waals surface area contributed by atoms with Crippen molar-refractivity contribution in [1.82, 2.24) is 0 Å². The van der Waals surface area contributed by atoms with Crippen LogP contribution < -0.4 is 0 Å². The number of hydrogen-bond acceptors (Lipinski definition) is 7. The van der Waals surface area contributed by atoms with E-state index in [2.05, 4.69) is 160 Å². The Hall–Kier alpha value is -4.11. The van der Waals surface area contributed by atoms with Crippen LogP contribution in [0.25, 0.3) is 0 Å². The van der Waals surface area contributed by atoms with E-state index in [4.69, 9.17) is 18.5 Å². The Morgan fingerprint density at radius 2 is 0.659 bits per heavy atom. The Labute approximate surface area is 503 Å². The van der Waals surface area contributed by atoms with Gasteiger partial charge in [0.15, 0.2) is 6.10 Å². The normalized spacial score (nSPS) is 14.2. The van der Waals surface area contributed by atoms with E-state index in [1.807, 2.05) is 21.1 Å². The summed E-state index contributed by atoms with van der Waals surface area (Å²) in [6, 6.07) is 0. The van der Waals surface area contributed by atoms with Crippen LogP contribution in [0.1, 0.15) is 245 Å². The van der Waals surface area contributed by atoms with Crippen LogP contribution in [-0.4, -0.2) is 74.9 Å². The average Bonchev–Trinajstić information content (AvgIpc) is 3.45. The lowest BCUT2D eigenvalue weighted by Gasteiger charge is -2.24. The van der Waals surface area contributed by atoms with Crippen molar-refractivity contribution in [2.45, 2.75) is 251 Å². The second-order valence-corrected chi connectivity index (χ2v) is 23.8. The molecule has 0 fully saturated rings. The second kappa shape index (κ2) is 61.5. The van der Waals surface area contributed by atoms with Crippen molar-refractivity contribution in [3.05, 3.63) is 146 Å². The smallest absolute Gasteiger partial charge is 0.462 e. The van der Waals surface area contributed by atoms with Gasteiger partial charge in [-0.1, -0.05) is 262 Å². The molecule has 2 unspecified atom stereocenters. The molecule has 0 amide bonds. The van der Waals surface area contributed by atoms with E-state index in [-0.39, 0.29) is 32.0 Å². The van der Waals surface area contributed by atoms with E-state index < -0.39 is 26.5 Å². The molecule has 2 atom stereocenters. The van der Waals surface area contributed by atoms with E-state index in [1.54, 1.807) is 0 Å². The molecule has 0 heterocycles. The highest BCUT2D eigenvalue weighted by Gasteiger charge is 2.27. The van der Waals surface area contributed by atoms with Gasteiger partial charge in [-0.3, -0.25) is 18.6 Å². The fraction of sp³-hybridized carbons (Fsp3) is 0.639. The van der Waals surface area contributed by atoms with Crippen LogP contribution >= 0.6 is 7.82 Å². The van der Waals surface area contributed by atoms with Crippen LogP contribution in [0.5, 0.6) is 0 Å². The number of carbonyl (C=O) groups excluding carboxylic acids is 2. The zero-order valence-corrected chi connectivity index (χ0v) is 53.8. The fourth-order valence-electron chi connectivity index (χ4n) is 8.43. The Balaban J connectivity index is 4.17. The molecule has 466 valence electrons. The van der Waals surface area contributed by atoms with Gasteiger partial charge in [-0.25, -0.2) is 4.57 Å². The zero-order valence-electron chi connectivity index (χ0n) is 52.9. The molecule has 9 nitrogen and oxygen atoms in total. The molecule has 0 aliphatic carbocycles. The fourth-order valence-corrected chi connectivity index (χ4v) is 9.18. The summed E-state index contributed by atoms with van der Waals surface area (Å²) >= 11 is 0. The highest BCUT2D eigenvalue weighted by atomic mass is 31.2. The third-order valence-electron chi connectivity index (χ3n) is 13.4. The summed E-state index contributed by atoms with van der Waals surface area (Å²) in [7, 11) is 1.45. The molecule has 0 radical (unpaired) electrons. The molecule has 0 spiro atoms. The van der Waals surface area contributed by atoms with Crippen LogP contribution in [0.3, 0.4) is 0 Å². The summed E-state index contributed by atoms with van der Waals surface area (Å²) in [5.41, 5.74) is 0. The third kappa shape index (κ3) is 65.0. The predicted molar refractivity (Wildman–Crippen MR) is 353 cm³/mol. The molecular weight excluding hydrogens is 1040 g/mol. The van der Waals surface area contributed by atoms with Crippen molar-refractivity contribution in [2.24, 2.45) is 0 Å². The van der Waals surface area contributed by atoms with E-state index in [0.29, 0.717) is 17.4 Å². The molecule has 82 heavy (non-hydrogen) atoms. The predicted octanol–water partition coefficient (Wildman–Crippen LogP) is 21.0. The van der Waals surface area contributed by atoms with E-state index in [9.17, 15) is 19.0 Å². The van der Waals surface area contributed by atoms with Crippen molar-refractivity contribution < 1.29 is 42.1 Å². The Morgan fingerprint density at radius 1 is 0.378 bits per heavy atom. The van der Waals surface area contributed by atoms with Gasteiger partial charge in [0.2, 0.25) is 0 Å². The van der Waals surface area contributed by atoms with Gasteiger partial charge in [0.1, 0.15) is 19.8 Å². The minimum Gasteiger partial charge on any atom is -0.462 e. The zero-order chi connectivity index (χ0) is 59.8. The highest BCUT2D eigenvalue weighted by Crippen LogP contribution is 2.43. The Morgan fingerprint density at radius 3 is 0.976 bits per heavy atom. The molecular formula is C72H121NO8P+. The van der Waals surface area contributed by atoms with Crippen molar-refractivity contribution in [2.75, 3.05) is 47.5 Å². The number of rotatable bonds is 58. The first-order chi connectivity index (χ1) is 40.0. The molecule has 0 aromatic heterocycles. The van der Waals surface area contributed by atoms with Crippen LogP contribution in [0.15, 0.2) is 146 Å². The molecule has 0 bridgehead atoms. The number of phosphoric acid groups is 1. The molecule has 10 heteroatoms.